The molecule has 3 rings (SSSR count). The van der Waals surface area contributed by atoms with Crippen LogP contribution >= 0.6 is 11.8 Å². The first-order valence-corrected chi connectivity index (χ1v) is 8.93. The minimum Gasteiger partial charge on any atom is -0.445 e. The fraction of sp³-hybridized carbons (Fsp3) is 0.588. The predicted octanol–water partition coefficient (Wildman–Crippen LogP) is 4.03. The van der Waals surface area contributed by atoms with Crippen LogP contribution in [0.4, 0.5) is 4.79 Å². The third-order valence-electron chi connectivity index (χ3n) is 3.70. The minimum absolute atomic E-state index is 0.154. The SMILES string of the molecule is CCC.O=C(OCc1ccccc1)N1CC2CSCC2C1. The molecule has 0 radical (unpaired) electrons. The Morgan fingerprint density at radius 2 is 1.76 bits per heavy atom. The molecule has 2 saturated heterocycles. The van der Waals surface area contributed by atoms with Gasteiger partial charge in [0.15, 0.2) is 0 Å². The van der Waals surface area contributed by atoms with Gasteiger partial charge in [0.05, 0.1) is 0 Å². The number of rotatable bonds is 2. The van der Waals surface area contributed by atoms with E-state index < -0.39 is 0 Å². The normalized spacial score (nSPS) is 23.2. The summed E-state index contributed by atoms with van der Waals surface area (Å²) < 4.78 is 5.36. The molecule has 4 heteroatoms. The van der Waals surface area contributed by atoms with Crippen LogP contribution in [0.25, 0.3) is 0 Å². The molecule has 0 spiro atoms. The van der Waals surface area contributed by atoms with Gasteiger partial charge in [-0.25, -0.2) is 4.79 Å². The Labute approximate surface area is 132 Å². The van der Waals surface area contributed by atoms with E-state index in [9.17, 15) is 4.79 Å². The van der Waals surface area contributed by atoms with E-state index in [0.717, 1.165) is 18.7 Å². The lowest BCUT2D eigenvalue weighted by molar-refractivity contribution is 0.102. The molecule has 2 unspecified atom stereocenters. The number of carbonyl (C=O) groups is 1. The molecule has 0 bridgehead atoms. The van der Waals surface area contributed by atoms with Crippen LogP contribution in [0.5, 0.6) is 0 Å². The van der Waals surface area contributed by atoms with E-state index in [-0.39, 0.29) is 6.09 Å². The van der Waals surface area contributed by atoms with Crippen LogP contribution < -0.4 is 0 Å². The number of carbonyl (C=O) groups excluding carboxylic acids is 1. The smallest absolute Gasteiger partial charge is 0.410 e. The highest BCUT2D eigenvalue weighted by atomic mass is 32.2. The maximum Gasteiger partial charge on any atom is 0.410 e. The number of thioether (sulfide) groups is 1. The molecule has 0 N–H and O–H groups in total. The van der Waals surface area contributed by atoms with Gasteiger partial charge in [-0.05, 0) is 28.9 Å². The molecule has 2 atom stereocenters. The second-order valence-corrected chi connectivity index (χ2v) is 6.78. The Morgan fingerprint density at radius 1 is 1.19 bits per heavy atom. The third kappa shape index (κ3) is 4.67. The van der Waals surface area contributed by atoms with Crippen LogP contribution in [0.3, 0.4) is 0 Å². The van der Waals surface area contributed by atoms with Crippen molar-refractivity contribution in [1.82, 2.24) is 4.90 Å². The predicted molar refractivity (Wildman–Crippen MR) is 88.5 cm³/mol. The van der Waals surface area contributed by atoms with E-state index in [4.69, 9.17) is 4.74 Å². The Bertz CT molecular complexity index is 426. The highest BCUT2D eigenvalue weighted by Crippen LogP contribution is 2.36. The van der Waals surface area contributed by atoms with E-state index in [2.05, 4.69) is 13.8 Å². The number of hydrogen-bond donors (Lipinski definition) is 0. The number of nitrogens with zero attached hydrogens (tertiary/aromatic N) is 1. The van der Waals surface area contributed by atoms with Crippen LogP contribution in [0.1, 0.15) is 25.8 Å². The van der Waals surface area contributed by atoms with Gasteiger partial charge in [-0.2, -0.15) is 11.8 Å². The minimum atomic E-state index is -0.154. The molecule has 2 fully saturated rings. The summed E-state index contributed by atoms with van der Waals surface area (Å²) in [7, 11) is 0. The van der Waals surface area contributed by atoms with Crippen molar-refractivity contribution in [2.24, 2.45) is 11.8 Å². The molecule has 0 aliphatic carbocycles. The van der Waals surface area contributed by atoms with Crippen molar-refractivity contribution in [3.63, 3.8) is 0 Å². The summed E-state index contributed by atoms with van der Waals surface area (Å²) in [5, 5.41) is 0. The molecule has 1 amide bonds. The van der Waals surface area contributed by atoms with Gasteiger partial charge < -0.3 is 9.64 Å². The monoisotopic (exact) mass is 307 g/mol. The Balaban J connectivity index is 0.000000497. The van der Waals surface area contributed by atoms with Crippen LogP contribution in [0.15, 0.2) is 30.3 Å². The third-order valence-corrected chi connectivity index (χ3v) is 5.03. The number of ether oxygens (including phenoxy) is 1. The molecule has 2 heterocycles. The summed E-state index contributed by atoms with van der Waals surface area (Å²) in [5.41, 5.74) is 1.04. The van der Waals surface area contributed by atoms with Gasteiger partial charge in [-0.1, -0.05) is 50.6 Å². The van der Waals surface area contributed by atoms with Gasteiger partial charge in [0.2, 0.25) is 0 Å². The first-order valence-electron chi connectivity index (χ1n) is 7.78. The lowest BCUT2D eigenvalue weighted by atomic mass is 10.0. The number of benzene rings is 1. The molecular formula is C17H25NO2S. The summed E-state index contributed by atoms with van der Waals surface area (Å²) in [6, 6.07) is 9.83. The number of fused-ring (bicyclic) bond motifs is 1. The molecule has 0 aromatic heterocycles. The topological polar surface area (TPSA) is 29.5 Å². The van der Waals surface area contributed by atoms with Crippen LogP contribution in [-0.4, -0.2) is 35.6 Å². The summed E-state index contributed by atoms with van der Waals surface area (Å²) in [4.78, 5) is 13.8. The average Bonchev–Trinajstić information content (AvgIpc) is 3.08. The highest BCUT2D eigenvalue weighted by molar-refractivity contribution is 7.99. The molecule has 1 aromatic rings. The zero-order chi connectivity index (χ0) is 15.1. The van der Waals surface area contributed by atoms with Crippen LogP contribution in [0.2, 0.25) is 0 Å². The molecule has 2 aliphatic rings. The Hall–Kier alpha value is -1.16. The maximum absolute atomic E-state index is 11.9. The van der Waals surface area contributed by atoms with Crippen molar-refractivity contribution in [3.05, 3.63) is 35.9 Å². The average molecular weight is 307 g/mol. The molecule has 1 aromatic carbocycles. The highest BCUT2D eigenvalue weighted by Gasteiger charge is 2.39. The first-order chi connectivity index (χ1) is 10.2. The van der Waals surface area contributed by atoms with Crippen molar-refractivity contribution in [3.8, 4) is 0 Å². The van der Waals surface area contributed by atoms with E-state index in [1.54, 1.807) is 0 Å². The van der Waals surface area contributed by atoms with Crippen molar-refractivity contribution < 1.29 is 9.53 Å². The second kappa shape index (κ2) is 8.32. The quantitative estimate of drug-likeness (QED) is 0.826. The Kier molecular flexibility index (Phi) is 6.43. The molecular weight excluding hydrogens is 282 g/mol. The molecule has 116 valence electrons. The number of likely N-dealkylation sites (tertiary alicyclic amines) is 1. The van der Waals surface area contributed by atoms with E-state index in [0.29, 0.717) is 18.4 Å². The summed E-state index contributed by atoms with van der Waals surface area (Å²) in [6.07, 6.45) is 1.10. The fourth-order valence-electron chi connectivity index (χ4n) is 2.65. The zero-order valence-corrected chi connectivity index (χ0v) is 13.8. The van der Waals surface area contributed by atoms with Gasteiger partial charge >= 0.3 is 6.09 Å². The maximum atomic E-state index is 11.9. The van der Waals surface area contributed by atoms with Gasteiger partial charge in [-0.3, -0.25) is 0 Å². The lowest BCUT2D eigenvalue weighted by Gasteiger charge is -2.16. The number of amides is 1. The molecule has 0 saturated carbocycles. The van der Waals surface area contributed by atoms with E-state index >= 15 is 0 Å². The molecule has 3 nitrogen and oxygen atoms in total. The molecule has 2 aliphatic heterocycles. The van der Waals surface area contributed by atoms with Gasteiger partial charge in [0.1, 0.15) is 6.61 Å². The summed E-state index contributed by atoms with van der Waals surface area (Å²) in [6.45, 7) is 6.39. The van der Waals surface area contributed by atoms with Crippen molar-refractivity contribution in [2.45, 2.75) is 26.9 Å². The summed E-state index contributed by atoms with van der Waals surface area (Å²) >= 11 is 2.01. The second-order valence-electron chi connectivity index (χ2n) is 5.71. The fourth-order valence-corrected chi connectivity index (χ4v) is 4.14. The van der Waals surface area contributed by atoms with Crippen LogP contribution in [-0.2, 0) is 11.3 Å². The number of hydrogen-bond acceptors (Lipinski definition) is 3. The van der Waals surface area contributed by atoms with Crippen molar-refractivity contribution >= 4 is 17.9 Å². The van der Waals surface area contributed by atoms with Gasteiger partial charge in [-0.15, -0.1) is 0 Å². The summed E-state index contributed by atoms with van der Waals surface area (Å²) in [5.74, 6) is 3.79. The van der Waals surface area contributed by atoms with E-state index in [1.807, 2.05) is 47.0 Å². The van der Waals surface area contributed by atoms with Crippen molar-refractivity contribution in [2.75, 3.05) is 24.6 Å². The van der Waals surface area contributed by atoms with Gasteiger partial charge in [0, 0.05) is 13.1 Å². The van der Waals surface area contributed by atoms with Crippen LogP contribution in [0, 0.1) is 11.8 Å². The standard InChI is InChI=1S/C14H17NO2S.C3H8/c16-14(17-8-11-4-2-1-3-5-11)15-6-12-9-18-10-13(12)7-15;1-3-2/h1-5,12-13H,6-10H2;3H2,1-2H3. The van der Waals surface area contributed by atoms with Crippen molar-refractivity contribution in [1.29, 1.82) is 0 Å². The zero-order valence-electron chi connectivity index (χ0n) is 13.0. The lowest BCUT2D eigenvalue weighted by Crippen LogP contribution is -2.30. The molecule has 21 heavy (non-hydrogen) atoms. The van der Waals surface area contributed by atoms with Gasteiger partial charge in [0.25, 0.3) is 0 Å². The largest absolute Gasteiger partial charge is 0.445 e. The Morgan fingerprint density at radius 3 is 2.33 bits per heavy atom. The van der Waals surface area contributed by atoms with E-state index in [1.165, 1.54) is 17.9 Å². The first kappa shape index (κ1) is 16.2.